The molecule has 0 saturated heterocycles. The van der Waals surface area contributed by atoms with Crippen molar-refractivity contribution >= 4 is 23.6 Å². The van der Waals surface area contributed by atoms with E-state index in [1.807, 2.05) is 88.4 Å². The molecule has 0 aliphatic carbocycles. The molecule has 8 N–H and O–H groups in total. The molecule has 0 unspecified atom stereocenters. The summed E-state index contributed by atoms with van der Waals surface area (Å²) < 4.78 is 16.7. The Kier molecular flexibility index (Phi) is 21.3. The third kappa shape index (κ3) is 18.3. The molecule has 0 aliphatic rings. The number of amides is 4. The number of benzene rings is 2. The molecular weight excluding hydrogens is 652 g/mol. The van der Waals surface area contributed by atoms with Gasteiger partial charge in [0.25, 0.3) is 0 Å². The molecule has 2 aromatic rings. The first kappa shape index (κ1) is 43.3. The van der Waals surface area contributed by atoms with Gasteiger partial charge in [0, 0.05) is 26.3 Å². The highest BCUT2D eigenvalue weighted by Crippen LogP contribution is 2.07. The Bertz CT molecular complexity index is 1180. The molecular formula is C38H60N6O7. The van der Waals surface area contributed by atoms with Crippen LogP contribution < -0.4 is 32.7 Å². The third-order valence-corrected chi connectivity index (χ3v) is 8.04. The van der Waals surface area contributed by atoms with Crippen molar-refractivity contribution in [1.29, 1.82) is 0 Å². The number of ether oxygens (including phenoxy) is 3. The van der Waals surface area contributed by atoms with Gasteiger partial charge in [-0.05, 0) is 48.6 Å². The van der Waals surface area contributed by atoms with Gasteiger partial charge in [-0.25, -0.2) is 0 Å². The predicted octanol–water partition coefficient (Wildman–Crippen LogP) is 1.47. The fraction of sp³-hybridized carbons (Fsp3) is 0.579. The van der Waals surface area contributed by atoms with E-state index in [4.69, 9.17) is 25.7 Å². The summed E-state index contributed by atoms with van der Waals surface area (Å²) in [6.07, 6.45) is 2.02. The lowest BCUT2D eigenvalue weighted by molar-refractivity contribution is -0.130. The van der Waals surface area contributed by atoms with Gasteiger partial charge in [-0.3, -0.25) is 19.2 Å². The minimum Gasteiger partial charge on any atom is -0.379 e. The summed E-state index contributed by atoms with van der Waals surface area (Å²) in [5.74, 6) is -1.42. The first-order chi connectivity index (χ1) is 24.5. The molecule has 2 rings (SSSR count). The van der Waals surface area contributed by atoms with E-state index >= 15 is 0 Å². The Morgan fingerprint density at radius 1 is 0.529 bits per heavy atom. The van der Waals surface area contributed by atoms with E-state index in [9.17, 15) is 19.2 Å². The fourth-order valence-electron chi connectivity index (χ4n) is 5.05. The molecule has 0 fully saturated rings. The number of hydrogen-bond donors (Lipinski definition) is 6. The van der Waals surface area contributed by atoms with Gasteiger partial charge in [-0.2, -0.15) is 0 Å². The highest BCUT2D eigenvalue weighted by molar-refractivity contribution is 5.90. The van der Waals surface area contributed by atoms with Crippen LogP contribution in [0.2, 0.25) is 0 Å². The highest BCUT2D eigenvalue weighted by atomic mass is 16.5. The lowest BCUT2D eigenvalue weighted by Crippen LogP contribution is -2.54. The van der Waals surface area contributed by atoms with Crippen LogP contribution >= 0.6 is 0 Å². The van der Waals surface area contributed by atoms with Crippen molar-refractivity contribution in [3.8, 4) is 0 Å². The summed E-state index contributed by atoms with van der Waals surface area (Å²) in [6.45, 7) is 10.9. The second-order valence-corrected chi connectivity index (χ2v) is 13.2. The SMILES string of the molecule is CC(C)[C@H](NC(=O)[C@@H](N)Cc1ccccc1)C(=O)NCCCOCCOCCOCCCNC(=O)[C@@H](NC(=O)[C@@H](N)Cc1ccccc1)C(C)C. The van der Waals surface area contributed by atoms with Gasteiger partial charge in [0.05, 0.1) is 38.5 Å². The van der Waals surface area contributed by atoms with Crippen LogP contribution in [0, 0.1) is 11.8 Å². The van der Waals surface area contributed by atoms with Crippen molar-refractivity contribution in [3.05, 3.63) is 71.8 Å². The van der Waals surface area contributed by atoms with Crippen molar-refractivity contribution in [2.75, 3.05) is 52.7 Å². The van der Waals surface area contributed by atoms with E-state index in [1.165, 1.54) is 0 Å². The fourth-order valence-corrected chi connectivity index (χ4v) is 5.05. The summed E-state index contributed by atoms with van der Waals surface area (Å²) in [7, 11) is 0. The number of hydrogen-bond acceptors (Lipinski definition) is 9. The van der Waals surface area contributed by atoms with Crippen LogP contribution in [0.5, 0.6) is 0 Å². The summed E-state index contributed by atoms with van der Waals surface area (Å²) in [5.41, 5.74) is 14.1. The Labute approximate surface area is 303 Å². The molecule has 0 saturated carbocycles. The predicted molar refractivity (Wildman–Crippen MR) is 197 cm³/mol. The normalized spacial score (nSPS) is 13.6. The molecule has 284 valence electrons. The van der Waals surface area contributed by atoms with Crippen LogP contribution in [0.15, 0.2) is 60.7 Å². The first-order valence-electron chi connectivity index (χ1n) is 18.0. The van der Waals surface area contributed by atoms with Crippen LogP contribution in [-0.2, 0) is 46.2 Å². The number of carbonyl (C=O) groups excluding carboxylic acids is 4. The summed E-state index contributed by atoms with van der Waals surface area (Å²) in [6, 6.07) is 16.2. The maximum absolute atomic E-state index is 12.7. The Hall–Kier alpha value is -3.88. The maximum atomic E-state index is 12.7. The average Bonchev–Trinajstić information content (AvgIpc) is 3.11. The smallest absolute Gasteiger partial charge is 0.242 e. The molecule has 51 heavy (non-hydrogen) atoms. The quantitative estimate of drug-likeness (QED) is 0.0783. The van der Waals surface area contributed by atoms with E-state index < -0.39 is 24.2 Å². The number of nitrogens with two attached hydrogens (primary N) is 2. The summed E-state index contributed by atoms with van der Waals surface area (Å²) in [5, 5.41) is 11.3. The lowest BCUT2D eigenvalue weighted by Gasteiger charge is -2.23. The molecule has 0 aliphatic heterocycles. The third-order valence-electron chi connectivity index (χ3n) is 8.04. The van der Waals surface area contributed by atoms with Crippen LogP contribution in [0.25, 0.3) is 0 Å². The summed E-state index contributed by atoms with van der Waals surface area (Å²) >= 11 is 0. The second kappa shape index (κ2) is 25.1. The lowest BCUT2D eigenvalue weighted by atomic mass is 10.0. The van der Waals surface area contributed by atoms with Crippen molar-refractivity contribution in [2.24, 2.45) is 23.3 Å². The maximum Gasteiger partial charge on any atom is 0.242 e. The summed E-state index contributed by atoms with van der Waals surface area (Å²) in [4.78, 5) is 50.7. The molecule has 0 aromatic heterocycles. The van der Waals surface area contributed by atoms with Crippen LogP contribution in [0.1, 0.15) is 51.7 Å². The zero-order valence-electron chi connectivity index (χ0n) is 30.7. The standard InChI is InChI=1S/C38H60N6O7/c1-27(2)33(43-35(45)31(39)25-29-13-7-5-8-14-29)37(47)41-17-11-19-49-21-23-51-24-22-50-20-12-18-42-38(48)34(28(3)4)44-36(46)32(40)26-30-15-9-6-10-16-30/h5-10,13-16,27-28,31-34H,11-12,17-26,39-40H2,1-4H3,(H,41,47)(H,42,48)(H,43,45)(H,44,46)/t31-,32-,33-,34-/m0/s1. The van der Waals surface area contributed by atoms with Crippen molar-refractivity contribution in [3.63, 3.8) is 0 Å². The van der Waals surface area contributed by atoms with Gasteiger partial charge in [0.1, 0.15) is 12.1 Å². The first-order valence-corrected chi connectivity index (χ1v) is 18.0. The zero-order chi connectivity index (χ0) is 37.4. The largest absolute Gasteiger partial charge is 0.379 e. The molecule has 4 amide bonds. The monoisotopic (exact) mass is 712 g/mol. The second-order valence-electron chi connectivity index (χ2n) is 13.2. The topological polar surface area (TPSA) is 196 Å². The Morgan fingerprint density at radius 3 is 1.20 bits per heavy atom. The molecule has 4 atom stereocenters. The highest BCUT2D eigenvalue weighted by Gasteiger charge is 2.27. The molecule has 0 spiro atoms. The van der Waals surface area contributed by atoms with Gasteiger partial charge < -0.3 is 46.9 Å². The van der Waals surface area contributed by atoms with Crippen molar-refractivity contribution < 1.29 is 33.4 Å². The number of nitrogens with one attached hydrogen (secondary N) is 4. The molecule has 0 heterocycles. The average molecular weight is 713 g/mol. The van der Waals surface area contributed by atoms with Gasteiger partial charge in [0.2, 0.25) is 23.6 Å². The van der Waals surface area contributed by atoms with Crippen LogP contribution in [0.3, 0.4) is 0 Å². The van der Waals surface area contributed by atoms with Gasteiger partial charge >= 0.3 is 0 Å². The van der Waals surface area contributed by atoms with Crippen LogP contribution in [0.4, 0.5) is 0 Å². The van der Waals surface area contributed by atoms with Gasteiger partial charge in [-0.15, -0.1) is 0 Å². The van der Waals surface area contributed by atoms with Crippen molar-refractivity contribution in [2.45, 2.75) is 77.5 Å². The minimum absolute atomic E-state index is 0.102. The van der Waals surface area contributed by atoms with Crippen molar-refractivity contribution in [1.82, 2.24) is 21.3 Å². The molecule has 13 nitrogen and oxygen atoms in total. The molecule has 0 radical (unpaired) electrons. The van der Waals surface area contributed by atoms with Gasteiger partial charge in [-0.1, -0.05) is 88.4 Å². The Morgan fingerprint density at radius 2 is 0.863 bits per heavy atom. The van der Waals surface area contributed by atoms with E-state index in [2.05, 4.69) is 21.3 Å². The molecule has 2 aromatic carbocycles. The molecule has 13 heteroatoms. The van der Waals surface area contributed by atoms with E-state index in [1.54, 1.807) is 0 Å². The van der Waals surface area contributed by atoms with Crippen LogP contribution in [-0.4, -0.2) is 101 Å². The molecule has 0 bridgehead atoms. The van der Waals surface area contributed by atoms with E-state index in [0.29, 0.717) is 78.4 Å². The number of rotatable bonds is 26. The van der Waals surface area contributed by atoms with E-state index in [-0.39, 0.29) is 35.5 Å². The zero-order valence-corrected chi connectivity index (χ0v) is 30.7. The number of carbonyl (C=O) groups is 4. The van der Waals surface area contributed by atoms with Gasteiger partial charge in [0.15, 0.2) is 0 Å². The minimum atomic E-state index is -0.745. The van der Waals surface area contributed by atoms with E-state index in [0.717, 1.165) is 11.1 Å². The Balaban J connectivity index is 1.47.